The van der Waals surface area contributed by atoms with Crippen LogP contribution in [0.4, 0.5) is 0 Å². The van der Waals surface area contributed by atoms with E-state index in [0.717, 1.165) is 45.6 Å². The monoisotopic (exact) mass is 307 g/mol. The number of carbonyl (C=O) groups excluding carboxylic acids is 1. The Kier molecular flexibility index (Phi) is 5.45. The van der Waals surface area contributed by atoms with Gasteiger partial charge in [-0.05, 0) is 51.7 Å². The third-order valence-corrected chi connectivity index (χ3v) is 4.61. The molecule has 2 aliphatic rings. The molecule has 0 aliphatic carbocycles. The van der Waals surface area contributed by atoms with Crippen molar-refractivity contribution in [3.8, 4) is 0 Å². The summed E-state index contributed by atoms with van der Waals surface area (Å²) in [5.41, 5.74) is 0. The van der Waals surface area contributed by atoms with Crippen LogP contribution in [0.3, 0.4) is 0 Å². The molecule has 6 heteroatoms. The Morgan fingerprint density at radius 3 is 2.77 bits per heavy atom. The van der Waals surface area contributed by atoms with Gasteiger partial charge in [-0.1, -0.05) is 0 Å². The molecule has 1 amide bonds. The summed E-state index contributed by atoms with van der Waals surface area (Å²) < 4.78 is 10.6. The van der Waals surface area contributed by atoms with E-state index in [1.807, 2.05) is 4.90 Å². The minimum absolute atomic E-state index is 0.0363. The van der Waals surface area contributed by atoms with E-state index in [0.29, 0.717) is 5.76 Å². The Labute approximate surface area is 131 Å². The Morgan fingerprint density at radius 1 is 1.32 bits per heavy atom. The number of rotatable bonds is 6. The van der Waals surface area contributed by atoms with Crippen molar-refractivity contribution in [1.29, 1.82) is 0 Å². The first kappa shape index (κ1) is 15.5. The summed E-state index contributed by atoms with van der Waals surface area (Å²) in [7, 11) is 0. The molecule has 2 fully saturated rings. The molecule has 0 aromatic carbocycles. The van der Waals surface area contributed by atoms with Crippen molar-refractivity contribution in [1.82, 2.24) is 14.8 Å². The first-order valence-electron chi connectivity index (χ1n) is 8.34. The molecule has 2 saturated heterocycles. The fourth-order valence-electron chi connectivity index (χ4n) is 3.38. The minimum Gasteiger partial charge on any atom is -0.438 e. The summed E-state index contributed by atoms with van der Waals surface area (Å²) in [6.07, 6.45) is 8.26. The van der Waals surface area contributed by atoms with Crippen molar-refractivity contribution >= 4 is 5.91 Å². The lowest BCUT2D eigenvalue weighted by Gasteiger charge is -2.34. The summed E-state index contributed by atoms with van der Waals surface area (Å²) in [4.78, 5) is 21.0. The average Bonchev–Trinajstić information content (AvgIpc) is 3.25. The van der Waals surface area contributed by atoms with Crippen LogP contribution in [0.1, 0.15) is 42.7 Å². The number of carbonyl (C=O) groups is 1. The number of ether oxygens (including phenoxy) is 1. The number of hydrogen-bond donors (Lipinski definition) is 0. The highest BCUT2D eigenvalue weighted by Gasteiger charge is 2.28. The highest BCUT2D eigenvalue weighted by molar-refractivity contribution is 5.91. The average molecular weight is 307 g/mol. The van der Waals surface area contributed by atoms with Crippen LogP contribution in [-0.2, 0) is 4.74 Å². The van der Waals surface area contributed by atoms with E-state index in [1.165, 1.54) is 38.5 Å². The topological polar surface area (TPSA) is 58.8 Å². The van der Waals surface area contributed by atoms with Gasteiger partial charge in [0.25, 0.3) is 5.91 Å². The van der Waals surface area contributed by atoms with Gasteiger partial charge in [-0.15, -0.1) is 0 Å². The lowest BCUT2D eigenvalue weighted by atomic mass is 10.1. The van der Waals surface area contributed by atoms with Gasteiger partial charge in [-0.25, -0.2) is 4.98 Å². The standard InChI is InChI=1S/C16H25N3O3/c20-16(15-12-17-13-22-15)19(14-4-10-21-11-5-14)9-3-8-18-6-1-2-7-18/h12-14H,1-11H2. The first-order chi connectivity index (χ1) is 10.8. The van der Waals surface area contributed by atoms with Crippen molar-refractivity contribution in [2.75, 3.05) is 39.4 Å². The molecule has 0 atom stereocenters. The van der Waals surface area contributed by atoms with Gasteiger partial charge in [0.2, 0.25) is 5.76 Å². The fourth-order valence-corrected chi connectivity index (χ4v) is 3.38. The van der Waals surface area contributed by atoms with Gasteiger partial charge in [0.05, 0.1) is 6.20 Å². The first-order valence-corrected chi connectivity index (χ1v) is 8.34. The molecule has 22 heavy (non-hydrogen) atoms. The van der Waals surface area contributed by atoms with Crippen LogP contribution in [0.2, 0.25) is 0 Å². The number of aromatic nitrogens is 1. The van der Waals surface area contributed by atoms with Gasteiger partial charge >= 0.3 is 0 Å². The molecular weight excluding hydrogens is 282 g/mol. The molecule has 122 valence electrons. The van der Waals surface area contributed by atoms with Crippen LogP contribution in [0.25, 0.3) is 0 Å². The molecule has 2 aliphatic heterocycles. The fraction of sp³-hybridized carbons (Fsp3) is 0.750. The number of oxazole rings is 1. The van der Waals surface area contributed by atoms with E-state index >= 15 is 0 Å². The van der Waals surface area contributed by atoms with Crippen molar-refractivity contribution < 1.29 is 13.9 Å². The third-order valence-electron chi connectivity index (χ3n) is 4.61. The molecule has 3 heterocycles. The van der Waals surface area contributed by atoms with Crippen molar-refractivity contribution in [3.05, 3.63) is 18.4 Å². The number of likely N-dealkylation sites (tertiary alicyclic amines) is 1. The highest BCUT2D eigenvalue weighted by atomic mass is 16.5. The van der Waals surface area contributed by atoms with Crippen LogP contribution < -0.4 is 0 Å². The molecule has 6 nitrogen and oxygen atoms in total. The second-order valence-corrected chi connectivity index (χ2v) is 6.11. The zero-order valence-electron chi connectivity index (χ0n) is 13.1. The molecular formula is C16H25N3O3. The van der Waals surface area contributed by atoms with Gasteiger partial charge in [0, 0.05) is 25.8 Å². The Hall–Kier alpha value is -1.40. The molecule has 0 radical (unpaired) electrons. The highest BCUT2D eigenvalue weighted by Crippen LogP contribution is 2.18. The summed E-state index contributed by atoms with van der Waals surface area (Å²) in [5, 5.41) is 0. The van der Waals surface area contributed by atoms with Crippen molar-refractivity contribution in [3.63, 3.8) is 0 Å². The molecule has 1 aromatic heterocycles. The van der Waals surface area contributed by atoms with Crippen LogP contribution >= 0.6 is 0 Å². The molecule has 0 spiro atoms. The third kappa shape index (κ3) is 3.87. The minimum atomic E-state index is -0.0363. The molecule has 0 bridgehead atoms. The summed E-state index contributed by atoms with van der Waals surface area (Å²) >= 11 is 0. The second kappa shape index (κ2) is 7.74. The maximum atomic E-state index is 12.7. The predicted octanol–water partition coefficient (Wildman–Crippen LogP) is 1.78. The summed E-state index contributed by atoms with van der Waals surface area (Å²) in [5.74, 6) is 0.304. The zero-order valence-corrected chi connectivity index (χ0v) is 13.1. The second-order valence-electron chi connectivity index (χ2n) is 6.11. The lowest BCUT2D eigenvalue weighted by Crippen LogP contribution is -2.44. The summed E-state index contributed by atoms with van der Waals surface area (Å²) in [6.45, 7) is 5.72. The van der Waals surface area contributed by atoms with Crippen LogP contribution in [0.15, 0.2) is 17.0 Å². The predicted molar refractivity (Wildman–Crippen MR) is 81.7 cm³/mol. The van der Waals surface area contributed by atoms with E-state index in [9.17, 15) is 4.79 Å². The largest absolute Gasteiger partial charge is 0.438 e. The van der Waals surface area contributed by atoms with Crippen LogP contribution in [0.5, 0.6) is 0 Å². The quantitative estimate of drug-likeness (QED) is 0.802. The Balaban J connectivity index is 1.58. The Bertz CT molecular complexity index is 451. The van der Waals surface area contributed by atoms with Crippen molar-refractivity contribution in [2.45, 2.75) is 38.1 Å². The van der Waals surface area contributed by atoms with E-state index < -0.39 is 0 Å². The number of nitrogens with zero attached hydrogens (tertiary/aromatic N) is 3. The molecule has 1 aromatic rings. The maximum absolute atomic E-state index is 12.7. The van der Waals surface area contributed by atoms with Gasteiger partial charge in [-0.3, -0.25) is 4.79 Å². The van der Waals surface area contributed by atoms with Gasteiger partial charge < -0.3 is 19.0 Å². The molecule has 0 N–H and O–H groups in total. The van der Waals surface area contributed by atoms with Crippen molar-refractivity contribution in [2.24, 2.45) is 0 Å². The lowest BCUT2D eigenvalue weighted by molar-refractivity contribution is 0.0264. The Morgan fingerprint density at radius 2 is 2.09 bits per heavy atom. The zero-order chi connectivity index (χ0) is 15.2. The van der Waals surface area contributed by atoms with Gasteiger partial charge in [0.15, 0.2) is 6.39 Å². The van der Waals surface area contributed by atoms with Crippen LogP contribution in [-0.4, -0.2) is 66.1 Å². The number of amides is 1. The molecule has 3 rings (SSSR count). The normalized spacial score (nSPS) is 20.4. The van der Waals surface area contributed by atoms with Crippen LogP contribution in [0, 0.1) is 0 Å². The van der Waals surface area contributed by atoms with E-state index in [-0.39, 0.29) is 11.9 Å². The SMILES string of the molecule is O=C(c1cnco1)N(CCCN1CCCC1)C1CCOCC1. The van der Waals surface area contributed by atoms with Gasteiger partial charge in [-0.2, -0.15) is 0 Å². The summed E-state index contributed by atoms with van der Waals surface area (Å²) in [6, 6.07) is 0.255. The van der Waals surface area contributed by atoms with E-state index in [2.05, 4.69) is 9.88 Å². The smallest absolute Gasteiger partial charge is 0.291 e. The maximum Gasteiger partial charge on any atom is 0.291 e. The molecule has 0 unspecified atom stereocenters. The van der Waals surface area contributed by atoms with E-state index in [1.54, 1.807) is 0 Å². The van der Waals surface area contributed by atoms with E-state index in [4.69, 9.17) is 9.15 Å². The molecule has 0 saturated carbocycles. The van der Waals surface area contributed by atoms with Gasteiger partial charge in [0.1, 0.15) is 0 Å². The number of hydrogen-bond acceptors (Lipinski definition) is 5.